The molecule has 1 atom stereocenters. The van der Waals surface area contributed by atoms with Gasteiger partial charge in [0.2, 0.25) is 5.91 Å². The molecule has 1 unspecified atom stereocenters. The van der Waals surface area contributed by atoms with E-state index in [9.17, 15) is 4.79 Å². The van der Waals surface area contributed by atoms with E-state index < -0.39 is 0 Å². The molecule has 1 fully saturated rings. The number of hydrogen-bond acceptors (Lipinski definition) is 3. The van der Waals surface area contributed by atoms with E-state index in [0.717, 1.165) is 17.2 Å². The molecule has 4 nitrogen and oxygen atoms in total. The summed E-state index contributed by atoms with van der Waals surface area (Å²) < 4.78 is 5.77. The number of carbonyl (C=O) groups is 1. The summed E-state index contributed by atoms with van der Waals surface area (Å²) in [5.74, 6) is 1.63. The maximum absolute atomic E-state index is 11.8. The molecular weight excluding hydrogens is 264 g/mol. The minimum Gasteiger partial charge on any atom is -0.457 e. The van der Waals surface area contributed by atoms with Gasteiger partial charge < -0.3 is 15.4 Å². The lowest BCUT2D eigenvalue weighted by Gasteiger charge is -2.16. The molecule has 4 heteroatoms. The third kappa shape index (κ3) is 3.06. The van der Waals surface area contributed by atoms with Gasteiger partial charge in [0.1, 0.15) is 11.5 Å². The first-order valence-corrected chi connectivity index (χ1v) is 7.02. The first-order valence-electron chi connectivity index (χ1n) is 7.02. The first-order chi connectivity index (χ1) is 10.1. The zero-order valence-corrected chi connectivity index (χ0v) is 12.0. The molecule has 0 spiro atoms. The van der Waals surface area contributed by atoms with E-state index in [2.05, 4.69) is 0 Å². The quantitative estimate of drug-likeness (QED) is 0.941. The van der Waals surface area contributed by atoms with Crippen molar-refractivity contribution in [3.8, 4) is 11.5 Å². The molecule has 1 heterocycles. The number of hydrogen-bond donors (Lipinski definition) is 1. The predicted octanol–water partition coefficient (Wildman–Crippen LogP) is 2.85. The maximum atomic E-state index is 11.8. The molecule has 1 aliphatic rings. The average Bonchev–Trinajstić information content (AvgIpc) is 2.81. The Morgan fingerprint density at radius 2 is 1.62 bits per heavy atom. The molecular formula is C17H18N2O2. The highest BCUT2D eigenvalue weighted by Gasteiger charge is 2.27. The standard InChI is InChI=1S/C17H18N2O2/c1-12-2-6-15(7-3-12)21-16-8-4-14(5-9-16)19-11-13(18)10-17(19)20/h2-9,13H,10-11,18H2,1H3. The highest BCUT2D eigenvalue weighted by atomic mass is 16.5. The molecule has 0 radical (unpaired) electrons. The van der Waals surface area contributed by atoms with E-state index in [-0.39, 0.29) is 11.9 Å². The van der Waals surface area contributed by atoms with E-state index in [1.54, 1.807) is 4.90 Å². The van der Waals surface area contributed by atoms with Crippen LogP contribution in [0.15, 0.2) is 48.5 Å². The highest BCUT2D eigenvalue weighted by Crippen LogP contribution is 2.26. The van der Waals surface area contributed by atoms with Crippen molar-refractivity contribution >= 4 is 11.6 Å². The lowest BCUT2D eigenvalue weighted by Crippen LogP contribution is -2.27. The zero-order valence-electron chi connectivity index (χ0n) is 12.0. The molecule has 1 aliphatic heterocycles. The summed E-state index contributed by atoms with van der Waals surface area (Å²) in [6.45, 7) is 2.62. The van der Waals surface area contributed by atoms with Crippen molar-refractivity contribution in [2.24, 2.45) is 5.73 Å². The summed E-state index contributed by atoms with van der Waals surface area (Å²) >= 11 is 0. The van der Waals surface area contributed by atoms with Gasteiger partial charge in [0.25, 0.3) is 0 Å². The first kappa shape index (κ1) is 13.6. The fourth-order valence-electron chi connectivity index (χ4n) is 2.42. The van der Waals surface area contributed by atoms with Gasteiger partial charge in [0, 0.05) is 24.7 Å². The van der Waals surface area contributed by atoms with Crippen LogP contribution in [0.4, 0.5) is 5.69 Å². The smallest absolute Gasteiger partial charge is 0.228 e. The van der Waals surface area contributed by atoms with Crippen LogP contribution in [-0.4, -0.2) is 18.5 Å². The number of nitrogens with zero attached hydrogens (tertiary/aromatic N) is 1. The third-order valence-corrected chi connectivity index (χ3v) is 3.56. The zero-order chi connectivity index (χ0) is 14.8. The largest absolute Gasteiger partial charge is 0.457 e. The van der Waals surface area contributed by atoms with Gasteiger partial charge in [0.05, 0.1) is 0 Å². The van der Waals surface area contributed by atoms with Gasteiger partial charge in [-0.25, -0.2) is 0 Å². The van der Waals surface area contributed by atoms with E-state index in [1.807, 2.05) is 55.5 Å². The summed E-state index contributed by atoms with van der Waals surface area (Å²) in [4.78, 5) is 13.5. The van der Waals surface area contributed by atoms with E-state index in [1.165, 1.54) is 5.56 Å². The molecule has 3 rings (SSSR count). The van der Waals surface area contributed by atoms with Crippen LogP contribution in [0.2, 0.25) is 0 Å². The van der Waals surface area contributed by atoms with Crippen molar-refractivity contribution in [2.75, 3.05) is 11.4 Å². The Kier molecular flexibility index (Phi) is 3.62. The van der Waals surface area contributed by atoms with Crippen molar-refractivity contribution in [3.05, 3.63) is 54.1 Å². The lowest BCUT2D eigenvalue weighted by molar-refractivity contribution is -0.117. The second-order valence-corrected chi connectivity index (χ2v) is 5.38. The Bertz CT molecular complexity index is 635. The fraction of sp³-hybridized carbons (Fsp3) is 0.235. The Balaban J connectivity index is 1.72. The Labute approximate surface area is 124 Å². The van der Waals surface area contributed by atoms with Crippen molar-refractivity contribution in [1.82, 2.24) is 0 Å². The van der Waals surface area contributed by atoms with Crippen LogP contribution in [0.25, 0.3) is 0 Å². The van der Waals surface area contributed by atoms with Gasteiger partial charge in [-0.15, -0.1) is 0 Å². The van der Waals surface area contributed by atoms with Gasteiger partial charge in [-0.05, 0) is 43.3 Å². The van der Waals surface area contributed by atoms with Gasteiger partial charge >= 0.3 is 0 Å². The van der Waals surface area contributed by atoms with Crippen molar-refractivity contribution in [2.45, 2.75) is 19.4 Å². The van der Waals surface area contributed by atoms with Crippen LogP contribution in [0.5, 0.6) is 11.5 Å². The second-order valence-electron chi connectivity index (χ2n) is 5.38. The van der Waals surface area contributed by atoms with Crippen LogP contribution in [-0.2, 0) is 4.79 Å². The van der Waals surface area contributed by atoms with E-state index in [0.29, 0.717) is 13.0 Å². The number of nitrogens with two attached hydrogens (primary N) is 1. The molecule has 1 amide bonds. The number of rotatable bonds is 3. The summed E-state index contributed by atoms with van der Waals surface area (Å²) in [5, 5.41) is 0. The second kappa shape index (κ2) is 5.58. The predicted molar refractivity (Wildman–Crippen MR) is 82.6 cm³/mol. The average molecular weight is 282 g/mol. The number of carbonyl (C=O) groups excluding carboxylic acids is 1. The molecule has 1 saturated heterocycles. The van der Waals surface area contributed by atoms with Crippen LogP contribution in [0.3, 0.4) is 0 Å². The molecule has 2 N–H and O–H groups in total. The van der Waals surface area contributed by atoms with Crippen LogP contribution < -0.4 is 15.4 Å². The van der Waals surface area contributed by atoms with Crippen LogP contribution in [0, 0.1) is 6.92 Å². The van der Waals surface area contributed by atoms with Crippen LogP contribution >= 0.6 is 0 Å². The molecule has 108 valence electrons. The van der Waals surface area contributed by atoms with E-state index >= 15 is 0 Å². The summed E-state index contributed by atoms with van der Waals surface area (Å²) in [5.41, 5.74) is 7.87. The van der Waals surface area contributed by atoms with Crippen molar-refractivity contribution in [3.63, 3.8) is 0 Å². The number of amides is 1. The lowest BCUT2D eigenvalue weighted by atomic mass is 10.2. The maximum Gasteiger partial charge on any atom is 0.228 e. The van der Waals surface area contributed by atoms with Gasteiger partial charge in [0.15, 0.2) is 0 Å². The molecule has 0 bridgehead atoms. The number of ether oxygens (including phenoxy) is 1. The number of aryl methyl sites for hydroxylation is 1. The Hall–Kier alpha value is -2.33. The molecule has 0 aromatic heterocycles. The van der Waals surface area contributed by atoms with Gasteiger partial charge in [-0.1, -0.05) is 17.7 Å². The summed E-state index contributed by atoms with van der Waals surface area (Å²) in [6, 6.07) is 15.3. The number of anilines is 1. The molecule has 0 saturated carbocycles. The van der Waals surface area contributed by atoms with Gasteiger partial charge in [-0.3, -0.25) is 4.79 Å². The van der Waals surface area contributed by atoms with Gasteiger partial charge in [-0.2, -0.15) is 0 Å². The summed E-state index contributed by atoms with van der Waals surface area (Å²) in [7, 11) is 0. The van der Waals surface area contributed by atoms with Crippen molar-refractivity contribution in [1.29, 1.82) is 0 Å². The number of benzene rings is 2. The molecule has 2 aromatic carbocycles. The Morgan fingerprint density at radius 3 is 2.14 bits per heavy atom. The normalized spacial score (nSPS) is 18.1. The topological polar surface area (TPSA) is 55.6 Å². The molecule has 0 aliphatic carbocycles. The van der Waals surface area contributed by atoms with Crippen LogP contribution in [0.1, 0.15) is 12.0 Å². The monoisotopic (exact) mass is 282 g/mol. The SMILES string of the molecule is Cc1ccc(Oc2ccc(N3CC(N)CC3=O)cc2)cc1. The minimum absolute atomic E-state index is 0.0685. The fourth-order valence-corrected chi connectivity index (χ4v) is 2.42. The molecule has 2 aromatic rings. The summed E-state index contributed by atoms with van der Waals surface area (Å²) in [6.07, 6.45) is 0.418. The van der Waals surface area contributed by atoms with Crippen molar-refractivity contribution < 1.29 is 9.53 Å². The third-order valence-electron chi connectivity index (χ3n) is 3.56. The Morgan fingerprint density at radius 1 is 1.05 bits per heavy atom. The minimum atomic E-state index is -0.0685. The highest BCUT2D eigenvalue weighted by molar-refractivity contribution is 5.96. The van der Waals surface area contributed by atoms with E-state index in [4.69, 9.17) is 10.5 Å². The molecule has 21 heavy (non-hydrogen) atoms.